The summed E-state index contributed by atoms with van der Waals surface area (Å²) >= 11 is 1.51. The Kier molecular flexibility index (Phi) is 7.83. The zero-order valence-electron chi connectivity index (χ0n) is 21.6. The highest BCUT2D eigenvalue weighted by Crippen LogP contribution is 2.32. The van der Waals surface area contributed by atoms with Gasteiger partial charge in [-0.3, -0.25) is 14.6 Å². The number of anilines is 2. The lowest BCUT2D eigenvalue weighted by molar-refractivity contribution is -0.149. The van der Waals surface area contributed by atoms with E-state index in [1.807, 2.05) is 60.5 Å². The molecule has 0 bridgehead atoms. The van der Waals surface area contributed by atoms with Crippen LogP contribution in [0.4, 0.5) is 10.8 Å². The van der Waals surface area contributed by atoms with Crippen LogP contribution in [0.3, 0.4) is 0 Å². The standard InChI is InChI=1S/C29H31N5O3S/c1-3-37-28(36)22-11-14-33(15-12-22)27(35)24-16-26(34(20(24)2)18-21-8-5-4-6-9-21)25-19-38-29(32-25)31-23-10-7-13-30-17-23/h4-10,13,16-17,19,22H,3,11-12,14-15,18H2,1-2H3,(H,31,32). The molecule has 1 saturated heterocycles. The second kappa shape index (κ2) is 11.6. The maximum atomic E-state index is 13.7. The summed E-state index contributed by atoms with van der Waals surface area (Å²) in [6.07, 6.45) is 4.73. The summed E-state index contributed by atoms with van der Waals surface area (Å²) in [7, 11) is 0. The molecular formula is C29H31N5O3S. The molecule has 0 unspecified atom stereocenters. The minimum Gasteiger partial charge on any atom is -0.466 e. The van der Waals surface area contributed by atoms with Crippen molar-refractivity contribution in [2.45, 2.75) is 33.2 Å². The number of likely N-dealkylation sites (tertiary alicyclic amines) is 1. The molecule has 1 amide bonds. The largest absolute Gasteiger partial charge is 0.466 e. The first-order valence-corrected chi connectivity index (χ1v) is 13.7. The van der Waals surface area contributed by atoms with E-state index in [0.717, 1.165) is 33.5 Å². The van der Waals surface area contributed by atoms with Gasteiger partial charge in [0.1, 0.15) is 0 Å². The van der Waals surface area contributed by atoms with Crippen molar-refractivity contribution in [3.05, 3.63) is 83.1 Å². The van der Waals surface area contributed by atoms with Crippen LogP contribution in [0.15, 0.2) is 66.3 Å². The van der Waals surface area contributed by atoms with Crippen molar-refractivity contribution in [2.24, 2.45) is 5.92 Å². The minimum absolute atomic E-state index is 0.0122. The number of benzene rings is 1. The highest BCUT2D eigenvalue weighted by molar-refractivity contribution is 7.14. The molecule has 0 saturated carbocycles. The number of hydrogen-bond acceptors (Lipinski definition) is 7. The van der Waals surface area contributed by atoms with E-state index >= 15 is 0 Å². The van der Waals surface area contributed by atoms with Gasteiger partial charge in [-0.15, -0.1) is 11.3 Å². The molecule has 0 radical (unpaired) electrons. The molecule has 3 aromatic heterocycles. The van der Waals surface area contributed by atoms with Crippen LogP contribution >= 0.6 is 11.3 Å². The topological polar surface area (TPSA) is 89.3 Å². The van der Waals surface area contributed by atoms with E-state index in [1.165, 1.54) is 11.3 Å². The van der Waals surface area contributed by atoms with Gasteiger partial charge in [0.2, 0.25) is 0 Å². The van der Waals surface area contributed by atoms with E-state index < -0.39 is 0 Å². The number of piperidine rings is 1. The van der Waals surface area contributed by atoms with Crippen molar-refractivity contribution in [1.82, 2.24) is 19.4 Å². The van der Waals surface area contributed by atoms with Crippen molar-refractivity contribution in [2.75, 3.05) is 25.0 Å². The molecule has 8 nitrogen and oxygen atoms in total. The van der Waals surface area contributed by atoms with E-state index in [4.69, 9.17) is 9.72 Å². The number of pyridine rings is 1. The third-order valence-corrected chi connectivity index (χ3v) is 7.62. The van der Waals surface area contributed by atoms with Gasteiger partial charge in [0.25, 0.3) is 5.91 Å². The van der Waals surface area contributed by atoms with Gasteiger partial charge in [0.15, 0.2) is 5.13 Å². The molecule has 1 fully saturated rings. The lowest BCUT2D eigenvalue weighted by Crippen LogP contribution is -2.40. The molecular weight excluding hydrogens is 498 g/mol. The first kappa shape index (κ1) is 25.7. The van der Waals surface area contributed by atoms with Crippen LogP contribution in [0.25, 0.3) is 11.4 Å². The average molecular weight is 530 g/mol. The highest BCUT2D eigenvalue weighted by atomic mass is 32.1. The number of carbonyl (C=O) groups is 2. The Labute approximate surface area is 226 Å². The number of rotatable bonds is 8. The van der Waals surface area contributed by atoms with Crippen LogP contribution in [0.5, 0.6) is 0 Å². The summed E-state index contributed by atoms with van der Waals surface area (Å²) in [6.45, 7) is 5.89. The molecule has 1 N–H and O–H groups in total. The predicted octanol–water partition coefficient (Wildman–Crippen LogP) is 5.52. The third kappa shape index (κ3) is 5.62. The molecule has 9 heteroatoms. The van der Waals surface area contributed by atoms with Gasteiger partial charge in [-0.2, -0.15) is 0 Å². The van der Waals surface area contributed by atoms with Crippen molar-refractivity contribution < 1.29 is 14.3 Å². The molecule has 1 aromatic carbocycles. The van der Waals surface area contributed by atoms with Gasteiger partial charge in [-0.25, -0.2) is 4.98 Å². The monoisotopic (exact) mass is 529 g/mol. The Bertz CT molecular complexity index is 1390. The van der Waals surface area contributed by atoms with Gasteiger partial charge in [0, 0.05) is 36.9 Å². The summed E-state index contributed by atoms with van der Waals surface area (Å²) in [5, 5.41) is 6.07. The number of nitrogens with zero attached hydrogens (tertiary/aromatic N) is 4. The van der Waals surface area contributed by atoms with Crippen molar-refractivity contribution in [1.29, 1.82) is 0 Å². The maximum absolute atomic E-state index is 13.7. The van der Waals surface area contributed by atoms with Gasteiger partial charge in [0.05, 0.1) is 41.4 Å². The van der Waals surface area contributed by atoms with Crippen LogP contribution < -0.4 is 5.32 Å². The molecule has 0 spiro atoms. The van der Waals surface area contributed by atoms with Gasteiger partial charge >= 0.3 is 5.97 Å². The fraction of sp³-hybridized carbons (Fsp3) is 0.310. The number of aromatic nitrogens is 3. The molecule has 1 aliphatic rings. The van der Waals surface area contributed by atoms with E-state index in [9.17, 15) is 9.59 Å². The molecule has 38 heavy (non-hydrogen) atoms. The Hall–Kier alpha value is -3.98. The molecule has 196 valence electrons. The first-order chi connectivity index (χ1) is 18.5. The first-order valence-electron chi connectivity index (χ1n) is 12.9. The van der Waals surface area contributed by atoms with E-state index in [0.29, 0.717) is 44.6 Å². The van der Waals surface area contributed by atoms with E-state index in [2.05, 4.69) is 27.0 Å². The normalized spacial score (nSPS) is 13.9. The predicted molar refractivity (Wildman–Crippen MR) is 149 cm³/mol. The summed E-state index contributed by atoms with van der Waals surface area (Å²) in [4.78, 5) is 36.7. The molecule has 0 atom stereocenters. The number of nitrogens with one attached hydrogen (secondary N) is 1. The Morgan fingerprint density at radius 1 is 1.13 bits per heavy atom. The molecule has 0 aliphatic carbocycles. The van der Waals surface area contributed by atoms with Crippen molar-refractivity contribution in [3.63, 3.8) is 0 Å². The van der Waals surface area contributed by atoms with E-state index in [1.54, 1.807) is 12.4 Å². The fourth-order valence-electron chi connectivity index (χ4n) is 4.80. The quantitative estimate of drug-likeness (QED) is 0.302. The van der Waals surface area contributed by atoms with Crippen molar-refractivity contribution in [3.8, 4) is 11.4 Å². The fourth-order valence-corrected chi connectivity index (χ4v) is 5.53. The molecule has 5 rings (SSSR count). The number of hydrogen-bond donors (Lipinski definition) is 1. The van der Waals surface area contributed by atoms with Gasteiger partial charge in [-0.05, 0) is 50.5 Å². The number of amides is 1. The zero-order valence-corrected chi connectivity index (χ0v) is 22.4. The SMILES string of the molecule is CCOC(=O)C1CCN(C(=O)c2cc(-c3csc(Nc4cccnc4)n3)n(Cc3ccccc3)c2C)CC1. The second-order valence-corrected chi connectivity index (χ2v) is 10.2. The number of esters is 1. The maximum Gasteiger partial charge on any atom is 0.309 e. The Morgan fingerprint density at radius 2 is 1.92 bits per heavy atom. The molecule has 1 aliphatic heterocycles. The second-order valence-electron chi connectivity index (χ2n) is 9.32. The van der Waals surface area contributed by atoms with Gasteiger partial charge < -0.3 is 19.5 Å². The summed E-state index contributed by atoms with van der Waals surface area (Å²) < 4.78 is 7.35. The zero-order chi connectivity index (χ0) is 26.5. The molecule has 4 heterocycles. The number of carbonyl (C=O) groups excluding carboxylic acids is 2. The molecule has 4 aromatic rings. The summed E-state index contributed by atoms with van der Waals surface area (Å²) in [5.41, 5.74) is 5.28. The summed E-state index contributed by atoms with van der Waals surface area (Å²) in [6, 6.07) is 16.0. The third-order valence-electron chi connectivity index (χ3n) is 6.86. The Morgan fingerprint density at radius 3 is 2.63 bits per heavy atom. The highest BCUT2D eigenvalue weighted by Gasteiger charge is 2.30. The lowest BCUT2D eigenvalue weighted by Gasteiger charge is -2.31. The van der Waals surface area contributed by atoms with Crippen LogP contribution in [0.1, 0.15) is 41.4 Å². The number of ether oxygens (including phenoxy) is 1. The van der Waals surface area contributed by atoms with Crippen molar-refractivity contribution >= 4 is 34.0 Å². The van der Waals surface area contributed by atoms with Gasteiger partial charge in [-0.1, -0.05) is 30.3 Å². The Balaban J connectivity index is 1.42. The van der Waals surface area contributed by atoms with Crippen LogP contribution in [-0.2, 0) is 16.1 Å². The average Bonchev–Trinajstić information content (AvgIpc) is 3.54. The summed E-state index contributed by atoms with van der Waals surface area (Å²) in [5.74, 6) is -0.313. The van der Waals surface area contributed by atoms with Crippen LogP contribution in [0.2, 0.25) is 0 Å². The lowest BCUT2D eigenvalue weighted by atomic mass is 9.96. The van der Waals surface area contributed by atoms with Crippen LogP contribution in [-0.4, -0.2) is 51.0 Å². The van der Waals surface area contributed by atoms with Crippen LogP contribution in [0, 0.1) is 12.8 Å². The van der Waals surface area contributed by atoms with E-state index in [-0.39, 0.29) is 17.8 Å². The minimum atomic E-state index is -0.161. The number of thiazole rings is 1. The smallest absolute Gasteiger partial charge is 0.309 e.